The fraction of sp³-hybridized carbons (Fsp3) is 0.400. The first-order chi connectivity index (χ1) is 8.47. The van der Waals surface area contributed by atoms with E-state index in [2.05, 4.69) is 24.9 Å². The van der Waals surface area contributed by atoms with Crippen LogP contribution in [0.2, 0.25) is 0 Å². The molecule has 0 saturated carbocycles. The zero-order valence-electron chi connectivity index (χ0n) is 11.3. The van der Waals surface area contributed by atoms with Crippen molar-refractivity contribution in [2.24, 2.45) is 0 Å². The monoisotopic (exact) mass is 245 g/mol. The summed E-state index contributed by atoms with van der Waals surface area (Å²) in [6.07, 6.45) is -0.0920. The van der Waals surface area contributed by atoms with Crippen molar-refractivity contribution in [1.29, 1.82) is 0 Å². The molecule has 3 nitrogen and oxygen atoms in total. The van der Waals surface area contributed by atoms with E-state index in [1.165, 1.54) is 5.69 Å². The second kappa shape index (κ2) is 4.84. The van der Waals surface area contributed by atoms with Crippen molar-refractivity contribution < 1.29 is 9.53 Å². The van der Waals surface area contributed by atoms with Crippen molar-refractivity contribution in [3.05, 3.63) is 35.5 Å². The fourth-order valence-electron chi connectivity index (χ4n) is 1.88. The lowest BCUT2D eigenvalue weighted by Crippen LogP contribution is -2.11. The van der Waals surface area contributed by atoms with Crippen LogP contribution in [0.25, 0.3) is 10.9 Å². The second-order valence-corrected chi connectivity index (χ2v) is 5.14. The molecular formula is C15H19NO2. The number of ether oxygens (including phenoxy) is 1. The predicted molar refractivity (Wildman–Crippen MR) is 72.9 cm³/mol. The van der Waals surface area contributed by atoms with Crippen molar-refractivity contribution >= 4 is 16.9 Å². The normalized spacial score (nSPS) is 11.4. The first kappa shape index (κ1) is 12.7. The van der Waals surface area contributed by atoms with E-state index >= 15 is 0 Å². The van der Waals surface area contributed by atoms with Crippen molar-refractivity contribution in [3.63, 3.8) is 0 Å². The first-order valence-corrected chi connectivity index (χ1v) is 6.31. The van der Waals surface area contributed by atoms with E-state index in [4.69, 9.17) is 4.74 Å². The van der Waals surface area contributed by atoms with E-state index in [0.29, 0.717) is 11.5 Å². The third-order valence-corrected chi connectivity index (χ3v) is 2.84. The van der Waals surface area contributed by atoms with E-state index in [1.54, 1.807) is 6.07 Å². The van der Waals surface area contributed by atoms with Gasteiger partial charge in [0.1, 0.15) is 0 Å². The highest BCUT2D eigenvalue weighted by molar-refractivity contribution is 5.95. The zero-order valence-corrected chi connectivity index (χ0v) is 11.3. The molecule has 0 spiro atoms. The van der Waals surface area contributed by atoms with Crippen LogP contribution in [0.3, 0.4) is 0 Å². The smallest absolute Gasteiger partial charge is 0.338 e. The Labute approximate surface area is 107 Å². The minimum Gasteiger partial charge on any atom is -0.459 e. The summed E-state index contributed by atoms with van der Waals surface area (Å²) in [5.74, 6) is 0.183. The van der Waals surface area contributed by atoms with Gasteiger partial charge in [-0.25, -0.2) is 4.79 Å². The minimum atomic E-state index is -0.265. The lowest BCUT2D eigenvalue weighted by Gasteiger charge is -2.07. The van der Waals surface area contributed by atoms with Gasteiger partial charge in [-0.2, -0.15) is 0 Å². The van der Waals surface area contributed by atoms with Crippen LogP contribution in [0, 0.1) is 0 Å². The molecule has 0 amide bonds. The molecule has 0 bridgehead atoms. The summed E-state index contributed by atoms with van der Waals surface area (Å²) in [6.45, 7) is 7.98. The lowest BCUT2D eigenvalue weighted by atomic mass is 10.1. The van der Waals surface area contributed by atoms with E-state index < -0.39 is 0 Å². The zero-order chi connectivity index (χ0) is 13.3. The topological polar surface area (TPSA) is 42.1 Å². The summed E-state index contributed by atoms with van der Waals surface area (Å²) in [5.41, 5.74) is 2.84. The molecule has 1 aromatic heterocycles. The number of H-pyrrole nitrogens is 1. The number of esters is 1. The van der Waals surface area contributed by atoms with Gasteiger partial charge in [0, 0.05) is 16.6 Å². The summed E-state index contributed by atoms with van der Waals surface area (Å²) in [5, 5.41) is 1.05. The number of hydrogen-bond donors (Lipinski definition) is 1. The van der Waals surface area contributed by atoms with Crippen LogP contribution in [0.4, 0.5) is 0 Å². The third-order valence-electron chi connectivity index (χ3n) is 2.84. The number of aromatic nitrogens is 1. The summed E-state index contributed by atoms with van der Waals surface area (Å²) in [6, 6.07) is 7.69. The van der Waals surface area contributed by atoms with Crippen LogP contribution in [0.1, 0.15) is 49.7 Å². The van der Waals surface area contributed by atoms with E-state index in [9.17, 15) is 4.79 Å². The van der Waals surface area contributed by atoms with Gasteiger partial charge in [-0.05, 0) is 44.0 Å². The molecule has 3 heteroatoms. The number of nitrogens with one attached hydrogen (secondary N) is 1. The molecule has 0 radical (unpaired) electrons. The molecule has 1 N–H and O–H groups in total. The first-order valence-electron chi connectivity index (χ1n) is 6.31. The summed E-state index contributed by atoms with van der Waals surface area (Å²) >= 11 is 0. The number of benzene rings is 1. The highest BCUT2D eigenvalue weighted by Crippen LogP contribution is 2.22. The van der Waals surface area contributed by atoms with Crippen LogP contribution in [0.15, 0.2) is 24.3 Å². The Hall–Kier alpha value is -1.77. The van der Waals surface area contributed by atoms with Crippen LogP contribution >= 0.6 is 0 Å². The Morgan fingerprint density at radius 3 is 2.50 bits per heavy atom. The second-order valence-electron chi connectivity index (χ2n) is 5.14. The molecule has 18 heavy (non-hydrogen) atoms. The average Bonchev–Trinajstić information content (AvgIpc) is 2.70. The number of aromatic amines is 1. The molecular weight excluding hydrogens is 226 g/mol. The highest BCUT2D eigenvalue weighted by atomic mass is 16.5. The van der Waals surface area contributed by atoms with Gasteiger partial charge in [0.25, 0.3) is 0 Å². The molecule has 0 fully saturated rings. The Kier molecular flexibility index (Phi) is 3.41. The molecule has 96 valence electrons. The molecule has 0 unspecified atom stereocenters. The van der Waals surface area contributed by atoms with Crippen LogP contribution in [-0.4, -0.2) is 17.1 Å². The molecule has 1 aromatic carbocycles. The van der Waals surface area contributed by atoms with Crippen molar-refractivity contribution in [1.82, 2.24) is 4.98 Å². The molecule has 0 atom stereocenters. The molecule has 2 aromatic rings. The maximum absolute atomic E-state index is 11.8. The fourth-order valence-corrected chi connectivity index (χ4v) is 1.88. The van der Waals surface area contributed by atoms with Gasteiger partial charge in [0.05, 0.1) is 11.7 Å². The standard InChI is InChI=1S/C15H19NO2/c1-9(2)14-8-12-7-11(5-6-13(12)16-14)15(17)18-10(3)4/h5-10,16H,1-4H3. The summed E-state index contributed by atoms with van der Waals surface area (Å²) < 4.78 is 5.19. The van der Waals surface area contributed by atoms with Gasteiger partial charge in [-0.1, -0.05) is 13.8 Å². The Bertz CT molecular complexity index is 567. The Morgan fingerprint density at radius 2 is 1.89 bits per heavy atom. The number of rotatable bonds is 3. The van der Waals surface area contributed by atoms with Crippen molar-refractivity contribution in [2.75, 3.05) is 0 Å². The average molecular weight is 245 g/mol. The van der Waals surface area contributed by atoms with Gasteiger partial charge in [0.2, 0.25) is 0 Å². The predicted octanol–water partition coefficient (Wildman–Crippen LogP) is 3.86. The number of carbonyl (C=O) groups excluding carboxylic acids is 1. The molecule has 1 heterocycles. The highest BCUT2D eigenvalue weighted by Gasteiger charge is 2.11. The summed E-state index contributed by atoms with van der Waals surface area (Å²) in [4.78, 5) is 15.2. The van der Waals surface area contributed by atoms with E-state index in [0.717, 1.165) is 10.9 Å². The van der Waals surface area contributed by atoms with Gasteiger partial charge < -0.3 is 9.72 Å². The summed E-state index contributed by atoms with van der Waals surface area (Å²) in [7, 11) is 0. The quantitative estimate of drug-likeness (QED) is 0.834. The largest absolute Gasteiger partial charge is 0.459 e. The molecule has 0 saturated heterocycles. The molecule has 0 aliphatic carbocycles. The maximum Gasteiger partial charge on any atom is 0.338 e. The molecule has 0 aliphatic rings. The minimum absolute atomic E-state index is 0.0920. The van der Waals surface area contributed by atoms with Gasteiger partial charge in [-0.15, -0.1) is 0 Å². The number of carbonyl (C=O) groups is 1. The SMILES string of the molecule is CC(C)OC(=O)c1ccc2[nH]c(C(C)C)cc2c1. The van der Waals surface area contributed by atoms with Gasteiger partial charge >= 0.3 is 5.97 Å². The van der Waals surface area contributed by atoms with Crippen molar-refractivity contribution in [2.45, 2.75) is 39.7 Å². The van der Waals surface area contributed by atoms with Crippen LogP contribution < -0.4 is 0 Å². The maximum atomic E-state index is 11.8. The van der Waals surface area contributed by atoms with Crippen LogP contribution in [0.5, 0.6) is 0 Å². The van der Waals surface area contributed by atoms with E-state index in [1.807, 2.05) is 26.0 Å². The van der Waals surface area contributed by atoms with E-state index in [-0.39, 0.29) is 12.1 Å². The van der Waals surface area contributed by atoms with Gasteiger partial charge in [-0.3, -0.25) is 0 Å². The molecule has 0 aliphatic heterocycles. The third kappa shape index (κ3) is 2.55. The van der Waals surface area contributed by atoms with Gasteiger partial charge in [0.15, 0.2) is 0 Å². The molecule has 2 rings (SSSR count). The lowest BCUT2D eigenvalue weighted by molar-refractivity contribution is 0.0378. The number of hydrogen-bond acceptors (Lipinski definition) is 2. The van der Waals surface area contributed by atoms with Crippen LogP contribution in [-0.2, 0) is 4.74 Å². The number of fused-ring (bicyclic) bond motifs is 1. The Balaban J connectivity index is 2.35. The Morgan fingerprint density at radius 1 is 1.17 bits per heavy atom. The van der Waals surface area contributed by atoms with Crippen molar-refractivity contribution in [3.8, 4) is 0 Å².